The van der Waals surface area contributed by atoms with E-state index in [0.717, 1.165) is 41.0 Å². The lowest BCUT2D eigenvalue weighted by Crippen LogP contribution is -2.30. The molecule has 1 aliphatic carbocycles. The fraction of sp³-hybridized carbons (Fsp3) is 0.500. The van der Waals surface area contributed by atoms with Crippen LogP contribution >= 0.6 is 23.4 Å². The fourth-order valence-electron chi connectivity index (χ4n) is 3.80. The molecule has 32 heavy (non-hydrogen) atoms. The Morgan fingerprint density at radius 1 is 1.25 bits per heavy atom. The molecule has 1 aromatic heterocycles. The number of pyridine rings is 1. The minimum Gasteiger partial charge on any atom is -0.492 e. The van der Waals surface area contributed by atoms with Gasteiger partial charge in [0, 0.05) is 41.9 Å². The summed E-state index contributed by atoms with van der Waals surface area (Å²) in [5, 5.41) is 0.506. The van der Waals surface area contributed by atoms with E-state index in [4.69, 9.17) is 25.8 Å². The number of esters is 1. The number of fused-ring (bicyclic) bond motifs is 3. The second kappa shape index (κ2) is 9.89. The van der Waals surface area contributed by atoms with Crippen LogP contribution in [0.3, 0.4) is 0 Å². The van der Waals surface area contributed by atoms with Crippen molar-refractivity contribution in [3.63, 3.8) is 0 Å². The van der Waals surface area contributed by atoms with E-state index >= 15 is 0 Å². The van der Waals surface area contributed by atoms with Crippen molar-refractivity contribution in [2.24, 2.45) is 0 Å². The normalized spacial score (nSPS) is 14.8. The highest BCUT2D eigenvalue weighted by molar-refractivity contribution is 7.98. The lowest BCUT2D eigenvalue weighted by molar-refractivity contribution is 0.0375. The number of carbonyl (C=O) groups is 1. The molecule has 0 amide bonds. The van der Waals surface area contributed by atoms with E-state index in [1.165, 1.54) is 0 Å². The molecule has 4 rings (SSSR count). The monoisotopic (exact) mass is 477 g/mol. The van der Waals surface area contributed by atoms with Gasteiger partial charge in [0.25, 0.3) is 5.56 Å². The molecule has 0 spiro atoms. The molecule has 1 fully saturated rings. The van der Waals surface area contributed by atoms with Crippen LogP contribution in [0.15, 0.2) is 27.9 Å². The highest BCUT2D eigenvalue weighted by Gasteiger charge is 2.34. The Kier molecular flexibility index (Phi) is 7.17. The summed E-state index contributed by atoms with van der Waals surface area (Å²) >= 11 is 8.22. The van der Waals surface area contributed by atoms with Gasteiger partial charge >= 0.3 is 5.97 Å². The van der Waals surface area contributed by atoms with Crippen LogP contribution in [0.1, 0.15) is 62.0 Å². The highest BCUT2D eigenvalue weighted by atomic mass is 35.5. The maximum absolute atomic E-state index is 13.3. The summed E-state index contributed by atoms with van der Waals surface area (Å²) < 4.78 is 18.3. The van der Waals surface area contributed by atoms with Gasteiger partial charge < -0.3 is 18.8 Å². The fourth-order valence-corrected chi connectivity index (χ4v) is 5.05. The van der Waals surface area contributed by atoms with Gasteiger partial charge in [-0.15, -0.1) is 11.8 Å². The summed E-state index contributed by atoms with van der Waals surface area (Å²) in [7, 11) is 0. The summed E-state index contributed by atoms with van der Waals surface area (Å²) in [5.74, 6) is 0.727. The van der Waals surface area contributed by atoms with Crippen molar-refractivity contribution in [3.05, 3.63) is 44.7 Å². The number of ether oxygens (including phenoxy) is 3. The van der Waals surface area contributed by atoms with Gasteiger partial charge in [-0.05, 0) is 57.4 Å². The first-order chi connectivity index (χ1) is 15.4. The van der Waals surface area contributed by atoms with Crippen LogP contribution < -0.4 is 10.3 Å². The van der Waals surface area contributed by atoms with Crippen LogP contribution in [0.2, 0.25) is 5.02 Å². The first kappa shape index (κ1) is 23.2. The number of hydrogen-bond acceptors (Lipinski definition) is 6. The predicted octanol–water partition coefficient (Wildman–Crippen LogP) is 5.48. The van der Waals surface area contributed by atoms with Gasteiger partial charge in [-0.1, -0.05) is 11.6 Å². The summed E-state index contributed by atoms with van der Waals surface area (Å²) in [5.41, 5.74) is 2.54. The molecule has 0 unspecified atom stereocenters. The minimum absolute atomic E-state index is 0.104. The zero-order chi connectivity index (χ0) is 22.8. The summed E-state index contributed by atoms with van der Waals surface area (Å²) in [4.78, 5) is 26.9. The number of aromatic nitrogens is 1. The zero-order valence-electron chi connectivity index (χ0n) is 18.6. The molecule has 2 aromatic rings. The molecule has 1 saturated carbocycles. The van der Waals surface area contributed by atoms with E-state index in [2.05, 4.69) is 0 Å². The smallest absolute Gasteiger partial charge is 0.344 e. The van der Waals surface area contributed by atoms with E-state index in [1.54, 1.807) is 36.2 Å². The third-order valence-electron chi connectivity index (χ3n) is 5.35. The van der Waals surface area contributed by atoms with Crippen LogP contribution in [0.4, 0.5) is 0 Å². The van der Waals surface area contributed by atoms with E-state index in [0.29, 0.717) is 36.3 Å². The van der Waals surface area contributed by atoms with Crippen LogP contribution in [0.5, 0.6) is 5.75 Å². The van der Waals surface area contributed by atoms with Crippen molar-refractivity contribution >= 4 is 29.3 Å². The van der Waals surface area contributed by atoms with Gasteiger partial charge in [-0.2, -0.15) is 0 Å². The summed E-state index contributed by atoms with van der Waals surface area (Å²) in [6.45, 7) is 7.38. The zero-order valence-corrected chi connectivity index (χ0v) is 20.2. The van der Waals surface area contributed by atoms with Gasteiger partial charge in [0.1, 0.15) is 11.3 Å². The maximum atomic E-state index is 13.3. The number of carbonyl (C=O) groups excluding carboxylic acids is 1. The van der Waals surface area contributed by atoms with Crippen molar-refractivity contribution in [2.45, 2.75) is 62.8 Å². The Balaban J connectivity index is 1.70. The Morgan fingerprint density at radius 2 is 2.03 bits per heavy atom. The number of rotatable bonds is 9. The van der Waals surface area contributed by atoms with Gasteiger partial charge in [0.2, 0.25) is 0 Å². The van der Waals surface area contributed by atoms with Crippen molar-refractivity contribution in [3.8, 4) is 17.0 Å². The average Bonchev–Trinajstić information content (AvgIpc) is 3.58. The van der Waals surface area contributed by atoms with Crippen LogP contribution in [0.25, 0.3) is 11.3 Å². The van der Waals surface area contributed by atoms with Crippen molar-refractivity contribution in [2.75, 3.05) is 19.8 Å². The van der Waals surface area contributed by atoms with Gasteiger partial charge in [0.05, 0.1) is 23.4 Å². The second-order valence-corrected chi connectivity index (χ2v) is 9.68. The molecule has 1 aromatic carbocycles. The molecular formula is C24H28ClNO5S. The molecule has 2 heterocycles. The van der Waals surface area contributed by atoms with Crippen LogP contribution in [-0.4, -0.2) is 36.5 Å². The third-order valence-corrected chi connectivity index (χ3v) is 6.75. The number of nitrogens with zero attached hydrogens (tertiary/aromatic N) is 1. The number of thioether (sulfide) groups is 1. The second-order valence-electron chi connectivity index (χ2n) is 8.26. The highest BCUT2D eigenvalue weighted by Crippen LogP contribution is 2.48. The Bertz CT molecular complexity index is 1080. The van der Waals surface area contributed by atoms with Gasteiger partial charge in [0.15, 0.2) is 0 Å². The van der Waals surface area contributed by atoms with Crippen molar-refractivity contribution in [1.82, 2.24) is 4.57 Å². The molecule has 1 aliphatic heterocycles. The number of hydrogen-bond donors (Lipinski definition) is 0. The predicted molar refractivity (Wildman–Crippen MR) is 126 cm³/mol. The van der Waals surface area contributed by atoms with Crippen molar-refractivity contribution in [1.29, 1.82) is 0 Å². The molecule has 0 N–H and O–H groups in total. The van der Waals surface area contributed by atoms with Gasteiger partial charge in [-0.25, -0.2) is 4.79 Å². The SMILES string of the molecule is CCOCCCOc1cc2c(cc1Cl)-c1c(cc(C(=O)OC(C)C)c(=O)n1C1CC1)CS2. The summed E-state index contributed by atoms with van der Waals surface area (Å²) in [6.07, 6.45) is 2.35. The molecule has 6 nitrogen and oxygen atoms in total. The molecule has 172 valence electrons. The van der Waals surface area contributed by atoms with E-state index in [9.17, 15) is 9.59 Å². The quantitative estimate of drug-likeness (QED) is 0.352. The Hall–Kier alpha value is -1.96. The standard InChI is InChI=1S/C24H28ClNO5S/c1-4-29-8-5-9-30-20-12-21-17(11-19(20)25)22-15(13-32-21)10-18(24(28)31-14(2)3)23(27)26(22)16-6-7-16/h10-12,14,16H,4-9,13H2,1-3H3. The first-order valence-electron chi connectivity index (χ1n) is 11.1. The Morgan fingerprint density at radius 3 is 2.72 bits per heavy atom. The lowest BCUT2D eigenvalue weighted by atomic mass is 10.0. The van der Waals surface area contributed by atoms with Gasteiger partial charge in [-0.3, -0.25) is 4.79 Å². The largest absolute Gasteiger partial charge is 0.492 e. The molecule has 0 saturated heterocycles. The van der Waals surface area contributed by atoms with E-state index in [1.807, 2.05) is 19.1 Å². The van der Waals surface area contributed by atoms with E-state index in [-0.39, 0.29) is 23.3 Å². The molecule has 0 radical (unpaired) electrons. The average molecular weight is 478 g/mol. The number of halogens is 1. The number of benzene rings is 1. The summed E-state index contributed by atoms with van der Waals surface area (Å²) in [6, 6.07) is 5.63. The first-order valence-corrected chi connectivity index (χ1v) is 12.4. The van der Waals surface area contributed by atoms with Crippen LogP contribution in [0, 0.1) is 0 Å². The molecule has 2 aliphatic rings. The lowest BCUT2D eigenvalue weighted by Gasteiger charge is -2.25. The Labute approximate surface area is 197 Å². The third kappa shape index (κ3) is 4.85. The molecular weight excluding hydrogens is 450 g/mol. The minimum atomic E-state index is -0.563. The molecule has 0 bridgehead atoms. The van der Waals surface area contributed by atoms with E-state index < -0.39 is 5.97 Å². The van der Waals surface area contributed by atoms with Crippen molar-refractivity contribution < 1.29 is 19.0 Å². The van der Waals surface area contributed by atoms with Crippen LogP contribution in [-0.2, 0) is 15.2 Å². The molecule has 8 heteroatoms. The maximum Gasteiger partial charge on any atom is 0.344 e. The topological polar surface area (TPSA) is 66.8 Å². The molecule has 0 atom stereocenters.